The van der Waals surface area contributed by atoms with Crippen molar-refractivity contribution in [3.05, 3.63) is 59.5 Å². The molecule has 1 unspecified atom stereocenters. The summed E-state index contributed by atoms with van der Waals surface area (Å²) < 4.78 is 44.3. The molecule has 1 aromatic heterocycles. The molecule has 2 heterocycles. The van der Waals surface area contributed by atoms with E-state index in [1.54, 1.807) is 30.7 Å². The number of hydrogen-bond donors (Lipinski definition) is 1. The maximum atomic E-state index is 13.0. The van der Waals surface area contributed by atoms with E-state index >= 15 is 0 Å². The number of nitrogens with two attached hydrogens (primary N) is 1. The predicted octanol–water partition coefficient (Wildman–Crippen LogP) is 4.38. The average molecular weight is 424 g/mol. The molecular weight excluding hydrogens is 401 g/mol. The van der Waals surface area contributed by atoms with Gasteiger partial charge in [0.1, 0.15) is 12.3 Å². The molecule has 0 amide bonds. The molecule has 156 valence electrons. The molecule has 3 rings (SSSR count). The van der Waals surface area contributed by atoms with Crippen LogP contribution >= 0.6 is 12.2 Å². The van der Waals surface area contributed by atoms with Crippen LogP contribution in [0.15, 0.2) is 52.2 Å². The van der Waals surface area contributed by atoms with Gasteiger partial charge in [-0.1, -0.05) is 24.6 Å². The lowest BCUT2D eigenvalue weighted by atomic mass is 10.0. The van der Waals surface area contributed by atoms with Crippen LogP contribution in [-0.2, 0) is 19.3 Å². The molecule has 1 aliphatic rings. The van der Waals surface area contributed by atoms with E-state index < -0.39 is 11.7 Å². The summed E-state index contributed by atoms with van der Waals surface area (Å²) in [6, 6.07) is 9.04. The van der Waals surface area contributed by atoms with E-state index in [2.05, 4.69) is 10.0 Å². The highest BCUT2D eigenvalue weighted by atomic mass is 32.1. The fourth-order valence-electron chi connectivity index (χ4n) is 3.35. The monoisotopic (exact) mass is 424 g/mol. The summed E-state index contributed by atoms with van der Waals surface area (Å²) in [5, 5.41) is 6.03. The van der Waals surface area contributed by atoms with Gasteiger partial charge >= 0.3 is 6.18 Å². The van der Waals surface area contributed by atoms with Crippen LogP contribution < -0.4 is 5.73 Å². The molecule has 29 heavy (non-hydrogen) atoms. The molecule has 0 aliphatic carbocycles. The smallest absolute Gasteiger partial charge is 0.416 e. The van der Waals surface area contributed by atoms with E-state index in [9.17, 15) is 13.2 Å². The molecule has 2 aromatic rings. The summed E-state index contributed by atoms with van der Waals surface area (Å²) in [5.41, 5.74) is 5.76. The molecule has 1 atom stereocenters. The van der Waals surface area contributed by atoms with Gasteiger partial charge in [0, 0.05) is 18.8 Å². The van der Waals surface area contributed by atoms with Gasteiger partial charge in [0.25, 0.3) is 0 Å². The van der Waals surface area contributed by atoms with Gasteiger partial charge in [0.05, 0.1) is 11.8 Å². The summed E-state index contributed by atoms with van der Waals surface area (Å²) >= 11 is 5.07. The lowest BCUT2D eigenvalue weighted by Crippen LogP contribution is -2.41. The first kappa shape index (κ1) is 21.3. The zero-order valence-electron chi connectivity index (χ0n) is 15.8. The van der Waals surface area contributed by atoms with Crippen molar-refractivity contribution >= 4 is 23.5 Å². The third-order valence-electron chi connectivity index (χ3n) is 4.82. The SMILES string of the molecule is NC(=S)N(Cc1ccco1)N=CC1CCCCN1Cc1cccc(C(F)(F)F)c1. The van der Waals surface area contributed by atoms with Gasteiger partial charge in [-0.3, -0.25) is 4.90 Å². The van der Waals surface area contributed by atoms with Gasteiger partial charge in [0.15, 0.2) is 5.11 Å². The number of alkyl halides is 3. The lowest BCUT2D eigenvalue weighted by molar-refractivity contribution is -0.137. The molecule has 0 bridgehead atoms. The number of halogens is 3. The molecule has 2 N–H and O–H groups in total. The summed E-state index contributed by atoms with van der Waals surface area (Å²) in [5.74, 6) is 0.680. The van der Waals surface area contributed by atoms with E-state index in [4.69, 9.17) is 22.4 Å². The highest BCUT2D eigenvalue weighted by molar-refractivity contribution is 7.80. The van der Waals surface area contributed by atoms with Crippen LogP contribution in [0.25, 0.3) is 0 Å². The number of likely N-dealkylation sites (tertiary alicyclic amines) is 1. The molecule has 1 aliphatic heterocycles. The van der Waals surface area contributed by atoms with Crippen molar-refractivity contribution in [3.63, 3.8) is 0 Å². The Labute approximate surface area is 173 Å². The normalized spacial score (nSPS) is 18.2. The Bertz CT molecular complexity index is 839. The van der Waals surface area contributed by atoms with Crippen LogP contribution in [-0.4, -0.2) is 33.8 Å². The zero-order chi connectivity index (χ0) is 20.9. The van der Waals surface area contributed by atoms with Gasteiger partial charge in [-0.05, 0) is 55.4 Å². The number of piperidine rings is 1. The minimum atomic E-state index is -4.35. The maximum Gasteiger partial charge on any atom is 0.416 e. The maximum absolute atomic E-state index is 13.0. The summed E-state index contributed by atoms with van der Waals surface area (Å²) in [6.45, 7) is 1.53. The number of hydrogen-bond acceptors (Lipinski definition) is 4. The van der Waals surface area contributed by atoms with E-state index in [0.717, 1.165) is 31.9 Å². The number of hydrazone groups is 1. The fraction of sp³-hybridized carbons (Fsp3) is 0.400. The Kier molecular flexibility index (Phi) is 6.92. The molecule has 1 fully saturated rings. The van der Waals surface area contributed by atoms with Crippen LogP contribution in [0.1, 0.15) is 36.1 Å². The van der Waals surface area contributed by atoms with E-state index in [1.165, 1.54) is 17.1 Å². The van der Waals surface area contributed by atoms with Crippen molar-refractivity contribution in [1.82, 2.24) is 9.91 Å². The number of benzene rings is 1. The molecule has 0 saturated carbocycles. The average Bonchev–Trinajstić information content (AvgIpc) is 3.19. The summed E-state index contributed by atoms with van der Waals surface area (Å²) in [6.07, 6.45) is 1.88. The Morgan fingerprint density at radius 3 is 2.83 bits per heavy atom. The number of rotatable bonds is 6. The number of furan rings is 1. The van der Waals surface area contributed by atoms with Crippen molar-refractivity contribution in [1.29, 1.82) is 0 Å². The van der Waals surface area contributed by atoms with Gasteiger partial charge in [0.2, 0.25) is 0 Å². The second-order valence-corrected chi connectivity index (χ2v) is 7.39. The lowest BCUT2D eigenvalue weighted by Gasteiger charge is -2.33. The molecule has 5 nitrogen and oxygen atoms in total. The Morgan fingerprint density at radius 1 is 1.31 bits per heavy atom. The van der Waals surface area contributed by atoms with Crippen LogP contribution in [0.2, 0.25) is 0 Å². The zero-order valence-corrected chi connectivity index (χ0v) is 16.6. The van der Waals surface area contributed by atoms with Gasteiger partial charge < -0.3 is 10.2 Å². The quantitative estimate of drug-likeness (QED) is 0.424. The summed E-state index contributed by atoms with van der Waals surface area (Å²) in [7, 11) is 0. The number of thiocarbonyl (C=S) groups is 1. The first-order valence-electron chi connectivity index (χ1n) is 9.36. The van der Waals surface area contributed by atoms with Gasteiger partial charge in [-0.25, -0.2) is 5.01 Å². The molecule has 0 radical (unpaired) electrons. The van der Waals surface area contributed by atoms with Crippen molar-refractivity contribution < 1.29 is 17.6 Å². The molecule has 0 spiro atoms. The van der Waals surface area contributed by atoms with Gasteiger partial charge in [-0.2, -0.15) is 18.3 Å². The first-order valence-corrected chi connectivity index (χ1v) is 9.77. The molecule has 1 aromatic carbocycles. The van der Waals surface area contributed by atoms with Crippen molar-refractivity contribution in [3.8, 4) is 0 Å². The third kappa shape index (κ3) is 6.04. The predicted molar refractivity (Wildman–Crippen MR) is 109 cm³/mol. The Morgan fingerprint density at radius 2 is 2.14 bits per heavy atom. The van der Waals surface area contributed by atoms with E-state index in [0.29, 0.717) is 24.4 Å². The fourth-order valence-corrected chi connectivity index (χ4v) is 3.46. The van der Waals surface area contributed by atoms with Crippen LogP contribution in [0.3, 0.4) is 0 Å². The van der Waals surface area contributed by atoms with Crippen molar-refractivity contribution in [2.75, 3.05) is 6.54 Å². The summed E-state index contributed by atoms with van der Waals surface area (Å²) in [4.78, 5) is 2.13. The first-order chi connectivity index (χ1) is 13.8. The minimum absolute atomic E-state index is 0.00764. The molecule has 1 saturated heterocycles. The second-order valence-electron chi connectivity index (χ2n) is 6.97. The van der Waals surface area contributed by atoms with Crippen LogP contribution in [0.5, 0.6) is 0 Å². The highest BCUT2D eigenvalue weighted by Crippen LogP contribution is 2.30. The molecule has 9 heteroatoms. The van der Waals surface area contributed by atoms with Crippen molar-refractivity contribution in [2.45, 2.75) is 44.6 Å². The van der Waals surface area contributed by atoms with Crippen LogP contribution in [0, 0.1) is 0 Å². The standard InChI is InChI=1S/C20H23F3N4OS/c21-20(22,23)16-6-3-5-15(11-16)13-26-9-2-1-7-17(26)12-25-27(19(24)29)14-18-8-4-10-28-18/h3-6,8,10-12,17H,1-2,7,9,13-14H2,(H2,24,29). The van der Waals surface area contributed by atoms with Crippen molar-refractivity contribution in [2.24, 2.45) is 10.8 Å². The Balaban J connectivity index is 1.70. The van der Waals surface area contributed by atoms with E-state index in [-0.39, 0.29) is 11.2 Å². The Hall–Kier alpha value is -2.39. The third-order valence-corrected chi connectivity index (χ3v) is 5.03. The largest absolute Gasteiger partial charge is 0.467 e. The topological polar surface area (TPSA) is 58.0 Å². The van der Waals surface area contributed by atoms with Gasteiger partial charge in [-0.15, -0.1) is 0 Å². The van der Waals surface area contributed by atoms with Crippen LogP contribution in [0.4, 0.5) is 13.2 Å². The number of nitrogens with zero attached hydrogens (tertiary/aromatic N) is 3. The van der Waals surface area contributed by atoms with E-state index in [1.807, 2.05) is 0 Å². The molecular formula is C20H23F3N4OS. The highest BCUT2D eigenvalue weighted by Gasteiger charge is 2.30. The minimum Gasteiger partial charge on any atom is -0.467 e. The second kappa shape index (κ2) is 9.41.